The highest BCUT2D eigenvalue weighted by atomic mass is 32.2. The number of nitrogens with one attached hydrogen (secondary N) is 1. The third-order valence-corrected chi connectivity index (χ3v) is 4.26. The van der Waals surface area contributed by atoms with Crippen molar-refractivity contribution in [3.05, 3.63) is 24.4 Å². The first-order chi connectivity index (χ1) is 9.44. The number of nitrogens with zero attached hydrogens (tertiary/aromatic N) is 4. The minimum atomic E-state index is -3.69. The smallest absolute Gasteiger partial charge is 0.246 e. The van der Waals surface area contributed by atoms with Crippen molar-refractivity contribution in [3.8, 4) is 0 Å². The first-order valence-corrected chi connectivity index (χ1v) is 7.71. The molecule has 110 valence electrons. The molecule has 0 radical (unpaired) electrons. The second-order valence-electron chi connectivity index (χ2n) is 4.42. The molecule has 0 aliphatic heterocycles. The van der Waals surface area contributed by atoms with Crippen LogP contribution < -0.4 is 10.5 Å². The van der Waals surface area contributed by atoms with Gasteiger partial charge in [-0.05, 0) is 6.42 Å². The van der Waals surface area contributed by atoms with E-state index in [0.29, 0.717) is 12.4 Å². The number of sulfonamides is 1. The topological polar surface area (TPSA) is 108 Å². The largest absolute Gasteiger partial charge is 0.381 e. The Balaban J connectivity index is 2.16. The normalized spacial score (nSPS) is 11.9. The zero-order valence-corrected chi connectivity index (χ0v) is 12.3. The summed E-state index contributed by atoms with van der Waals surface area (Å²) in [4.78, 5) is 4.05. The van der Waals surface area contributed by atoms with Crippen LogP contribution in [0.4, 0.5) is 5.82 Å². The van der Waals surface area contributed by atoms with Gasteiger partial charge in [0.2, 0.25) is 10.0 Å². The molecule has 0 saturated heterocycles. The molecule has 8 nitrogen and oxygen atoms in total. The fourth-order valence-electron chi connectivity index (χ4n) is 1.77. The number of nitrogens with two attached hydrogens (primary N) is 1. The van der Waals surface area contributed by atoms with Crippen molar-refractivity contribution < 1.29 is 8.42 Å². The number of aromatic nitrogens is 4. The molecule has 0 aliphatic rings. The Labute approximate surface area is 117 Å². The molecule has 9 heteroatoms. The van der Waals surface area contributed by atoms with Crippen LogP contribution in [0.25, 0.3) is 0 Å². The minimum absolute atomic E-state index is 0.000147. The molecule has 20 heavy (non-hydrogen) atoms. The molecule has 0 aliphatic carbocycles. The molecular weight excluding hydrogens is 280 g/mol. The van der Waals surface area contributed by atoms with Crippen LogP contribution in [0.5, 0.6) is 0 Å². The molecule has 0 aromatic carbocycles. The summed E-state index contributed by atoms with van der Waals surface area (Å²) in [5.41, 5.74) is 5.66. The van der Waals surface area contributed by atoms with Gasteiger partial charge in [0.25, 0.3) is 0 Å². The lowest BCUT2D eigenvalue weighted by molar-refractivity contribution is 0.576. The number of hydrogen-bond acceptors (Lipinski definition) is 5. The Kier molecular flexibility index (Phi) is 4.09. The molecule has 0 saturated carbocycles. The Morgan fingerprint density at radius 2 is 2.20 bits per heavy atom. The summed E-state index contributed by atoms with van der Waals surface area (Å²) >= 11 is 0. The fraction of sp³-hybridized carbons (Fsp3) is 0.455. The van der Waals surface area contributed by atoms with E-state index in [4.69, 9.17) is 5.73 Å². The molecule has 0 spiro atoms. The maximum Gasteiger partial charge on any atom is 0.246 e. The van der Waals surface area contributed by atoms with E-state index in [2.05, 4.69) is 14.8 Å². The van der Waals surface area contributed by atoms with Crippen molar-refractivity contribution in [2.45, 2.75) is 31.3 Å². The highest BCUT2D eigenvalue weighted by Gasteiger charge is 2.21. The van der Waals surface area contributed by atoms with Crippen LogP contribution in [0, 0.1) is 0 Å². The Hall–Kier alpha value is -1.87. The molecule has 3 N–H and O–H groups in total. The maximum atomic E-state index is 12.2. The predicted molar refractivity (Wildman–Crippen MR) is 74.2 cm³/mol. The van der Waals surface area contributed by atoms with Gasteiger partial charge in [-0.1, -0.05) is 6.92 Å². The Bertz CT molecular complexity index is 688. The summed E-state index contributed by atoms with van der Waals surface area (Å²) in [6.45, 7) is 2.70. The molecule has 0 fully saturated rings. The van der Waals surface area contributed by atoms with E-state index in [9.17, 15) is 8.42 Å². The molecular formula is C11H18N6O2S. The van der Waals surface area contributed by atoms with E-state index in [1.807, 2.05) is 6.92 Å². The van der Waals surface area contributed by atoms with Crippen molar-refractivity contribution in [1.29, 1.82) is 0 Å². The van der Waals surface area contributed by atoms with Crippen molar-refractivity contribution >= 4 is 15.8 Å². The predicted octanol–water partition coefficient (Wildman–Crippen LogP) is 0.0873. The van der Waals surface area contributed by atoms with Gasteiger partial charge in [0.05, 0.1) is 6.54 Å². The number of imidazole rings is 1. The zero-order valence-electron chi connectivity index (χ0n) is 11.4. The summed E-state index contributed by atoms with van der Waals surface area (Å²) < 4.78 is 30.1. The lowest BCUT2D eigenvalue weighted by Crippen LogP contribution is -2.25. The average molecular weight is 298 g/mol. The summed E-state index contributed by atoms with van der Waals surface area (Å²) in [6.07, 6.45) is 5.65. The molecule has 2 aromatic heterocycles. The van der Waals surface area contributed by atoms with Gasteiger partial charge in [0, 0.05) is 32.2 Å². The molecule has 0 bridgehead atoms. The lowest BCUT2D eigenvalue weighted by atomic mass is 10.5. The van der Waals surface area contributed by atoms with Crippen LogP contribution in [0.15, 0.2) is 23.5 Å². The minimum Gasteiger partial charge on any atom is -0.381 e. The number of anilines is 1. The monoisotopic (exact) mass is 298 g/mol. The van der Waals surface area contributed by atoms with Gasteiger partial charge in [0.1, 0.15) is 10.7 Å². The van der Waals surface area contributed by atoms with Crippen LogP contribution >= 0.6 is 0 Å². The van der Waals surface area contributed by atoms with Gasteiger partial charge in [-0.15, -0.1) is 0 Å². The van der Waals surface area contributed by atoms with Gasteiger partial charge in [-0.25, -0.2) is 18.1 Å². The molecule has 2 aromatic rings. The first-order valence-electron chi connectivity index (χ1n) is 6.23. The Morgan fingerprint density at radius 1 is 1.45 bits per heavy atom. The van der Waals surface area contributed by atoms with Crippen molar-refractivity contribution in [3.63, 3.8) is 0 Å². The van der Waals surface area contributed by atoms with Crippen LogP contribution in [0.1, 0.15) is 19.2 Å². The SMILES string of the molecule is CCCn1cc(S(=O)(=O)NCc2nccn2C)c(N)n1. The molecule has 2 heterocycles. The second-order valence-corrected chi connectivity index (χ2v) is 6.16. The Morgan fingerprint density at radius 3 is 2.80 bits per heavy atom. The number of hydrogen-bond donors (Lipinski definition) is 2. The van der Waals surface area contributed by atoms with Crippen molar-refractivity contribution in [2.75, 3.05) is 5.73 Å². The maximum absolute atomic E-state index is 12.2. The second kappa shape index (κ2) is 5.63. The zero-order chi connectivity index (χ0) is 14.8. The quantitative estimate of drug-likeness (QED) is 0.785. The van der Waals surface area contributed by atoms with E-state index in [1.165, 1.54) is 10.9 Å². The number of nitrogen functional groups attached to an aromatic ring is 1. The highest BCUT2D eigenvalue weighted by Crippen LogP contribution is 2.16. The lowest BCUT2D eigenvalue weighted by Gasteiger charge is -2.05. The molecule has 0 unspecified atom stereocenters. The van der Waals surface area contributed by atoms with Gasteiger partial charge < -0.3 is 10.3 Å². The third-order valence-electron chi connectivity index (χ3n) is 2.84. The molecule has 2 rings (SSSR count). The standard InChI is InChI=1S/C11H18N6O2S/c1-3-5-17-8-9(11(12)15-17)20(18,19)14-7-10-13-4-6-16(10)2/h4,6,8,14H,3,5,7H2,1-2H3,(H2,12,15). The van der Waals surface area contributed by atoms with Crippen LogP contribution in [-0.4, -0.2) is 27.7 Å². The van der Waals surface area contributed by atoms with Crippen LogP contribution in [0.3, 0.4) is 0 Å². The van der Waals surface area contributed by atoms with Gasteiger partial charge in [-0.3, -0.25) is 4.68 Å². The number of rotatable bonds is 6. The van der Waals surface area contributed by atoms with Gasteiger partial charge in [-0.2, -0.15) is 5.10 Å². The van der Waals surface area contributed by atoms with Crippen LogP contribution in [0.2, 0.25) is 0 Å². The average Bonchev–Trinajstić information content (AvgIpc) is 2.94. The summed E-state index contributed by atoms with van der Waals surface area (Å²) in [6, 6.07) is 0. The summed E-state index contributed by atoms with van der Waals surface area (Å²) in [5, 5.41) is 3.98. The van der Waals surface area contributed by atoms with E-state index >= 15 is 0 Å². The summed E-state index contributed by atoms with van der Waals surface area (Å²) in [5.74, 6) is 0.624. The van der Waals surface area contributed by atoms with E-state index in [-0.39, 0.29) is 17.3 Å². The van der Waals surface area contributed by atoms with Crippen molar-refractivity contribution in [2.24, 2.45) is 7.05 Å². The van der Waals surface area contributed by atoms with Crippen LogP contribution in [-0.2, 0) is 30.2 Å². The van der Waals surface area contributed by atoms with E-state index < -0.39 is 10.0 Å². The van der Waals surface area contributed by atoms with Gasteiger partial charge >= 0.3 is 0 Å². The molecule has 0 amide bonds. The third kappa shape index (κ3) is 2.99. The van der Waals surface area contributed by atoms with Gasteiger partial charge in [0.15, 0.2) is 5.82 Å². The number of aryl methyl sites for hydroxylation is 2. The fourth-order valence-corrected chi connectivity index (χ4v) is 2.82. The highest BCUT2D eigenvalue weighted by molar-refractivity contribution is 7.89. The van der Waals surface area contributed by atoms with E-state index in [1.54, 1.807) is 24.0 Å². The first kappa shape index (κ1) is 14.5. The van der Waals surface area contributed by atoms with Crippen molar-refractivity contribution in [1.82, 2.24) is 24.1 Å². The summed E-state index contributed by atoms with van der Waals surface area (Å²) in [7, 11) is -1.90. The van der Waals surface area contributed by atoms with E-state index in [0.717, 1.165) is 6.42 Å². The molecule has 0 atom stereocenters.